The summed E-state index contributed by atoms with van der Waals surface area (Å²) in [6.45, 7) is 0.245. The minimum Gasteiger partial charge on any atom is -0.467 e. The Bertz CT molecular complexity index is 693. The number of nitrogens with one attached hydrogen (secondary N) is 2. The predicted molar refractivity (Wildman–Crippen MR) is 72.6 cm³/mol. The number of furan rings is 1. The maximum absolute atomic E-state index is 11.9. The summed E-state index contributed by atoms with van der Waals surface area (Å²) < 4.78 is 30.6. The molecular formula is C13H14N2O4S. The molecule has 7 heteroatoms. The van der Waals surface area contributed by atoms with E-state index in [1.54, 1.807) is 18.2 Å². The lowest BCUT2D eigenvalue weighted by Gasteiger charge is -2.06. The van der Waals surface area contributed by atoms with Crippen LogP contribution in [0.25, 0.3) is 0 Å². The van der Waals surface area contributed by atoms with Crippen LogP contribution in [0.5, 0.6) is 0 Å². The lowest BCUT2D eigenvalue weighted by Crippen LogP contribution is -2.23. The molecule has 1 aromatic heterocycles. The van der Waals surface area contributed by atoms with E-state index in [4.69, 9.17) is 4.42 Å². The first-order chi connectivity index (χ1) is 9.53. The van der Waals surface area contributed by atoms with E-state index in [1.807, 2.05) is 0 Å². The maximum Gasteiger partial charge on any atom is 0.251 e. The number of benzene rings is 1. The molecule has 2 aromatic rings. The van der Waals surface area contributed by atoms with E-state index >= 15 is 0 Å². The molecule has 106 valence electrons. The summed E-state index contributed by atoms with van der Waals surface area (Å²) in [7, 11) is -2.24. The molecule has 0 fully saturated rings. The third kappa shape index (κ3) is 3.25. The SMILES string of the molecule is CNS(=O)(=O)c1cccc(C(=O)NCc2ccco2)c1. The number of carbonyl (C=O) groups is 1. The summed E-state index contributed by atoms with van der Waals surface area (Å²) in [5, 5.41) is 2.65. The van der Waals surface area contributed by atoms with Crippen LogP contribution in [-0.4, -0.2) is 21.4 Å². The van der Waals surface area contributed by atoms with Crippen molar-refractivity contribution >= 4 is 15.9 Å². The summed E-state index contributed by atoms with van der Waals surface area (Å²) >= 11 is 0. The number of carbonyl (C=O) groups excluding carboxylic acids is 1. The Kier molecular flexibility index (Phi) is 4.21. The second-order valence-electron chi connectivity index (χ2n) is 4.00. The van der Waals surface area contributed by atoms with Crippen LogP contribution in [-0.2, 0) is 16.6 Å². The van der Waals surface area contributed by atoms with Gasteiger partial charge >= 0.3 is 0 Å². The summed E-state index contributed by atoms with van der Waals surface area (Å²) in [6, 6.07) is 9.28. The molecule has 0 aliphatic carbocycles. The largest absolute Gasteiger partial charge is 0.467 e. The number of hydrogen-bond acceptors (Lipinski definition) is 4. The van der Waals surface area contributed by atoms with Gasteiger partial charge < -0.3 is 9.73 Å². The fourth-order valence-corrected chi connectivity index (χ4v) is 2.38. The van der Waals surface area contributed by atoms with Gasteiger partial charge in [-0.2, -0.15) is 0 Å². The fourth-order valence-electron chi connectivity index (χ4n) is 1.60. The van der Waals surface area contributed by atoms with Gasteiger partial charge in [0.15, 0.2) is 0 Å². The molecule has 1 aromatic carbocycles. The van der Waals surface area contributed by atoms with E-state index in [-0.39, 0.29) is 22.9 Å². The standard InChI is InChI=1S/C13H14N2O4S/c1-14-20(17,18)12-6-2-4-10(8-12)13(16)15-9-11-5-3-7-19-11/h2-8,14H,9H2,1H3,(H,15,16). The first kappa shape index (κ1) is 14.3. The van der Waals surface area contributed by atoms with E-state index in [0.29, 0.717) is 5.76 Å². The highest BCUT2D eigenvalue weighted by Gasteiger charge is 2.14. The lowest BCUT2D eigenvalue weighted by atomic mass is 10.2. The molecule has 0 spiro atoms. The van der Waals surface area contributed by atoms with Gasteiger partial charge in [-0.25, -0.2) is 13.1 Å². The van der Waals surface area contributed by atoms with E-state index < -0.39 is 10.0 Å². The highest BCUT2D eigenvalue weighted by atomic mass is 32.2. The molecule has 0 aliphatic heterocycles. The van der Waals surface area contributed by atoms with Crippen LogP contribution in [0.2, 0.25) is 0 Å². The maximum atomic E-state index is 11.9. The van der Waals surface area contributed by atoms with Crippen LogP contribution in [0.4, 0.5) is 0 Å². The Balaban J connectivity index is 2.12. The molecule has 2 rings (SSSR count). The topological polar surface area (TPSA) is 88.4 Å². The van der Waals surface area contributed by atoms with Gasteiger partial charge in [0.2, 0.25) is 10.0 Å². The quantitative estimate of drug-likeness (QED) is 0.865. The Morgan fingerprint density at radius 1 is 1.25 bits per heavy atom. The first-order valence-corrected chi connectivity index (χ1v) is 7.35. The van der Waals surface area contributed by atoms with Crippen molar-refractivity contribution in [2.75, 3.05) is 7.05 Å². The molecule has 0 unspecified atom stereocenters. The fraction of sp³-hybridized carbons (Fsp3) is 0.154. The van der Waals surface area contributed by atoms with Gasteiger partial charge in [0.25, 0.3) is 5.91 Å². The molecule has 20 heavy (non-hydrogen) atoms. The summed E-state index contributed by atoms with van der Waals surface area (Å²) in [6.07, 6.45) is 1.52. The molecule has 0 saturated carbocycles. The normalized spacial score (nSPS) is 11.2. The van der Waals surface area contributed by atoms with Crippen molar-refractivity contribution in [3.05, 3.63) is 54.0 Å². The highest BCUT2D eigenvalue weighted by Crippen LogP contribution is 2.11. The van der Waals surface area contributed by atoms with Gasteiger partial charge in [-0.15, -0.1) is 0 Å². The Morgan fingerprint density at radius 2 is 2.05 bits per heavy atom. The molecule has 0 bridgehead atoms. The zero-order valence-corrected chi connectivity index (χ0v) is 11.6. The average Bonchev–Trinajstić information content (AvgIpc) is 2.98. The highest BCUT2D eigenvalue weighted by molar-refractivity contribution is 7.89. The van der Waals surface area contributed by atoms with Crippen molar-refractivity contribution in [2.45, 2.75) is 11.4 Å². The van der Waals surface area contributed by atoms with Gasteiger partial charge in [-0.3, -0.25) is 4.79 Å². The second kappa shape index (κ2) is 5.89. The predicted octanol–water partition coefficient (Wildman–Crippen LogP) is 1.12. The summed E-state index contributed by atoms with van der Waals surface area (Å²) in [5.41, 5.74) is 0.271. The minimum atomic E-state index is -3.56. The van der Waals surface area contributed by atoms with Crippen LogP contribution in [0, 0.1) is 0 Å². The minimum absolute atomic E-state index is 0.0469. The van der Waals surface area contributed by atoms with Gasteiger partial charge in [0.05, 0.1) is 17.7 Å². The molecule has 0 atom stereocenters. The third-order valence-corrected chi connectivity index (χ3v) is 4.09. The Morgan fingerprint density at radius 3 is 2.70 bits per heavy atom. The molecule has 0 radical (unpaired) electrons. The van der Waals surface area contributed by atoms with Crippen LogP contribution in [0.3, 0.4) is 0 Å². The number of amides is 1. The van der Waals surface area contributed by atoms with Gasteiger partial charge in [-0.05, 0) is 37.4 Å². The van der Waals surface area contributed by atoms with Crippen molar-refractivity contribution in [3.63, 3.8) is 0 Å². The van der Waals surface area contributed by atoms with Crippen LogP contribution >= 0.6 is 0 Å². The Labute approximate surface area is 116 Å². The number of sulfonamides is 1. The van der Waals surface area contributed by atoms with E-state index in [9.17, 15) is 13.2 Å². The van der Waals surface area contributed by atoms with E-state index in [2.05, 4.69) is 10.0 Å². The molecule has 1 amide bonds. The van der Waals surface area contributed by atoms with Crippen molar-refractivity contribution < 1.29 is 17.6 Å². The molecular weight excluding hydrogens is 280 g/mol. The molecule has 6 nitrogen and oxygen atoms in total. The third-order valence-electron chi connectivity index (χ3n) is 2.68. The van der Waals surface area contributed by atoms with Gasteiger partial charge in [0, 0.05) is 5.56 Å². The van der Waals surface area contributed by atoms with Crippen molar-refractivity contribution in [2.24, 2.45) is 0 Å². The lowest BCUT2D eigenvalue weighted by molar-refractivity contribution is 0.0948. The van der Waals surface area contributed by atoms with Gasteiger partial charge in [-0.1, -0.05) is 6.07 Å². The second-order valence-corrected chi connectivity index (χ2v) is 5.88. The smallest absolute Gasteiger partial charge is 0.251 e. The molecule has 2 N–H and O–H groups in total. The molecule has 0 saturated heterocycles. The van der Waals surface area contributed by atoms with Crippen LogP contribution in [0.15, 0.2) is 52.0 Å². The van der Waals surface area contributed by atoms with Gasteiger partial charge in [0.1, 0.15) is 5.76 Å². The molecule has 1 heterocycles. The number of hydrogen-bond donors (Lipinski definition) is 2. The summed E-state index contributed by atoms with van der Waals surface area (Å²) in [4.78, 5) is 12.0. The molecule has 0 aliphatic rings. The summed E-state index contributed by atoms with van der Waals surface area (Å²) in [5.74, 6) is 0.256. The van der Waals surface area contributed by atoms with Crippen molar-refractivity contribution in [1.82, 2.24) is 10.0 Å². The monoisotopic (exact) mass is 294 g/mol. The average molecular weight is 294 g/mol. The van der Waals surface area contributed by atoms with E-state index in [1.165, 1.54) is 31.5 Å². The van der Waals surface area contributed by atoms with Crippen LogP contribution < -0.4 is 10.0 Å². The van der Waals surface area contributed by atoms with Crippen molar-refractivity contribution in [1.29, 1.82) is 0 Å². The van der Waals surface area contributed by atoms with E-state index in [0.717, 1.165) is 0 Å². The Hall–Kier alpha value is -2.12. The zero-order chi connectivity index (χ0) is 14.6. The number of rotatable bonds is 5. The van der Waals surface area contributed by atoms with Crippen LogP contribution in [0.1, 0.15) is 16.1 Å². The van der Waals surface area contributed by atoms with Crippen molar-refractivity contribution in [3.8, 4) is 0 Å². The zero-order valence-electron chi connectivity index (χ0n) is 10.8. The first-order valence-electron chi connectivity index (χ1n) is 5.87.